The number of anilines is 2. The van der Waals surface area contributed by atoms with Crippen molar-refractivity contribution in [1.82, 2.24) is 19.9 Å². The molecule has 0 bridgehead atoms. The highest BCUT2D eigenvalue weighted by Crippen LogP contribution is 2.23. The Balaban J connectivity index is 1.88. The van der Waals surface area contributed by atoms with Crippen LogP contribution >= 0.6 is 0 Å². The molecule has 0 aliphatic carbocycles. The molecular formula is C12H18N6O. The predicted octanol–water partition coefficient (Wildman–Crippen LogP) is 1.37. The number of nitrogens with one attached hydrogen (secondary N) is 3. The highest BCUT2D eigenvalue weighted by atomic mass is 16.5. The third-order valence-electron chi connectivity index (χ3n) is 3.34. The molecule has 0 saturated carbocycles. The Morgan fingerprint density at radius 2 is 2.32 bits per heavy atom. The Hall–Kier alpha value is -1.89. The molecule has 0 amide bonds. The fourth-order valence-corrected chi connectivity index (χ4v) is 2.37. The molecule has 2 atom stereocenters. The summed E-state index contributed by atoms with van der Waals surface area (Å²) >= 11 is 0. The standard InChI is InChI=1S/C12H18N6O/c1-7-5-8(3-4-19-7)16-11-9-10(15-6-14-9)17-12(13-2)18-11/h6-8H,3-5H2,1-2H3,(H3,13,14,15,16,17,18). The average Bonchev–Trinajstić information content (AvgIpc) is 2.87. The summed E-state index contributed by atoms with van der Waals surface area (Å²) in [4.78, 5) is 16.0. The van der Waals surface area contributed by atoms with Crippen molar-refractivity contribution >= 4 is 22.9 Å². The number of aromatic nitrogens is 4. The van der Waals surface area contributed by atoms with Crippen LogP contribution in [0.2, 0.25) is 0 Å². The number of fused-ring (bicyclic) bond motifs is 1. The molecule has 1 aliphatic rings. The lowest BCUT2D eigenvalue weighted by molar-refractivity contribution is 0.0232. The van der Waals surface area contributed by atoms with Crippen LogP contribution in [-0.2, 0) is 4.74 Å². The lowest BCUT2D eigenvalue weighted by Crippen LogP contribution is -2.32. The first-order valence-electron chi connectivity index (χ1n) is 6.53. The Labute approximate surface area is 111 Å². The van der Waals surface area contributed by atoms with Crippen molar-refractivity contribution in [1.29, 1.82) is 0 Å². The van der Waals surface area contributed by atoms with Crippen LogP contribution in [-0.4, -0.2) is 45.7 Å². The minimum absolute atomic E-state index is 0.286. The minimum Gasteiger partial charge on any atom is -0.378 e. The van der Waals surface area contributed by atoms with Crippen LogP contribution in [0.25, 0.3) is 11.2 Å². The van der Waals surface area contributed by atoms with E-state index in [-0.39, 0.29) is 6.10 Å². The average molecular weight is 262 g/mol. The van der Waals surface area contributed by atoms with Gasteiger partial charge in [0.1, 0.15) is 5.52 Å². The van der Waals surface area contributed by atoms with Crippen LogP contribution in [0.5, 0.6) is 0 Å². The van der Waals surface area contributed by atoms with E-state index in [9.17, 15) is 0 Å². The molecule has 2 unspecified atom stereocenters. The summed E-state index contributed by atoms with van der Waals surface area (Å²) in [7, 11) is 1.80. The maximum atomic E-state index is 5.56. The van der Waals surface area contributed by atoms with E-state index >= 15 is 0 Å². The van der Waals surface area contributed by atoms with E-state index in [0.717, 1.165) is 30.8 Å². The molecule has 1 aliphatic heterocycles. The van der Waals surface area contributed by atoms with Gasteiger partial charge in [-0.15, -0.1) is 0 Å². The molecule has 102 valence electrons. The van der Waals surface area contributed by atoms with Gasteiger partial charge < -0.3 is 20.4 Å². The molecule has 3 heterocycles. The van der Waals surface area contributed by atoms with Crippen molar-refractivity contribution in [2.75, 3.05) is 24.3 Å². The molecule has 2 aromatic heterocycles. The number of hydrogen-bond donors (Lipinski definition) is 3. The highest BCUT2D eigenvalue weighted by molar-refractivity contribution is 5.83. The van der Waals surface area contributed by atoms with E-state index in [2.05, 4.69) is 37.5 Å². The molecule has 2 aromatic rings. The van der Waals surface area contributed by atoms with Crippen LogP contribution in [0.15, 0.2) is 6.33 Å². The van der Waals surface area contributed by atoms with Crippen molar-refractivity contribution in [2.45, 2.75) is 31.9 Å². The maximum absolute atomic E-state index is 5.56. The van der Waals surface area contributed by atoms with Gasteiger partial charge in [0.2, 0.25) is 5.95 Å². The molecule has 1 fully saturated rings. The smallest absolute Gasteiger partial charge is 0.226 e. The highest BCUT2D eigenvalue weighted by Gasteiger charge is 2.21. The van der Waals surface area contributed by atoms with Gasteiger partial charge in [0.05, 0.1) is 12.4 Å². The third-order valence-corrected chi connectivity index (χ3v) is 3.34. The molecule has 3 N–H and O–H groups in total. The van der Waals surface area contributed by atoms with Crippen molar-refractivity contribution in [3.63, 3.8) is 0 Å². The first-order valence-corrected chi connectivity index (χ1v) is 6.53. The van der Waals surface area contributed by atoms with Crippen molar-refractivity contribution in [3.05, 3.63) is 6.33 Å². The molecule has 3 rings (SSSR count). The van der Waals surface area contributed by atoms with Crippen LogP contribution in [0.4, 0.5) is 11.8 Å². The van der Waals surface area contributed by atoms with E-state index in [4.69, 9.17) is 4.74 Å². The number of nitrogens with zero attached hydrogens (tertiary/aromatic N) is 3. The SMILES string of the molecule is CNc1nc(NC2CCOC(C)C2)c2[nH]cnc2n1. The Morgan fingerprint density at radius 3 is 3.11 bits per heavy atom. The first-order chi connectivity index (χ1) is 9.26. The van der Waals surface area contributed by atoms with E-state index < -0.39 is 0 Å². The zero-order chi connectivity index (χ0) is 13.2. The van der Waals surface area contributed by atoms with Gasteiger partial charge in [-0.2, -0.15) is 9.97 Å². The zero-order valence-corrected chi connectivity index (χ0v) is 11.1. The normalized spacial score (nSPS) is 23.5. The van der Waals surface area contributed by atoms with Gasteiger partial charge in [-0.25, -0.2) is 4.98 Å². The molecular weight excluding hydrogens is 244 g/mol. The monoisotopic (exact) mass is 262 g/mol. The second kappa shape index (κ2) is 5.00. The van der Waals surface area contributed by atoms with Crippen LogP contribution in [0, 0.1) is 0 Å². The fraction of sp³-hybridized carbons (Fsp3) is 0.583. The predicted molar refractivity (Wildman–Crippen MR) is 73.3 cm³/mol. The first kappa shape index (κ1) is 12.2. The summed E-state index contributed by atoms with van der Waals surface area (Å²) in [6.45, 7) is 2.88. The topological polar surface area (TPSA) is 87.8 Å². The minimum atomic E-state index is 0.286. The van der Waals surface area contributed by atoms with Crippen LogP contribution in [0.1, 0.15) is 19.8 Å². The number of rotatable bonds is 3. The van der Waals surface area contributed by atoms with Gasteiger partial charge in [-0.05, 0) is 19.8 Å². The summed E-state index contributed by atoms with van der Waals surface area (Å²) in [5.41, 5.74) is 1.51. The molecule has 19 heavy (non-hydrogen) atoms. The molecule has 0 aromatic carbocycles. The van der Waals surface area contributed by atoms with Gasteiger partial charge in [0, 0.05) is 19.7 Å². The third kappa shape index (κ3) is 2.46. The number of ether oxygens (including phenoxy) is 1. The quantitative estimate of drug-likeness (QED) is 0.774. The Morgan fingerprint density at radius 1 is 1.42 bits per heavy atom. The second-order valence-corrected chi connectivity index (χ2v) is 4.79. The molecule has 7 nitrogen and oxygen atoms in total. The van der Waals surface area contributed by atoms with E-state index in [1.54, 1.807) is 13.4 Å². The second-order valence-electron chi connectivity index (χ2n) is 4.79. The van der Waals surface area contributed by atoms with Crippen molar-refractivity contribution in [2.24, 2.45) is 0 Å². The van der Waals surface area contributed by atoms with Gasteiger partial charge in [-0.3, -0.25) is 0 Å². The number of imidazole rings is 1. The van der Waals surface area contributed by atoms with E-state index in [1.807, 2.05) is 0 Å². The zero-order valence-electron chi connectivity index (χ0n) is 11.1. The number of hydrogen-bond acceptors (Lipinski definition) is 6. The molecule has 7 heteroatoms. The summed E-state index contributed by atoms with van der Waals surface area (Å²) < 4.78 is 5.56. The number of H-pyrrole nitrogens is 1. The van der Waals surface area contributed by atoms with Gasteiger partial charge in [0.25, 0.3) is 0 Å². The molecule has 0 spiro atoms. The lowest BCUT2D eigenvalue weighted by atomic mass is 10.0. The Kier molecular flexibility index (Phi) is 3.20. The van der Waals surface area contributed by atoms with Crippen molar-refractivity contribution in [3.8, 4) is 0 Å². The summed E-state index contributed by atoms with van der Waals surface area (Å²) in [6.07, 6.45) is 3.89. The largest absolute Gasteiger partial charge is 0.378 e. The summed E-state index contributed by atoms with van der Waals surface area (Å²) in [5.74, 6) is 1.37. The van der Waals surface area contributed by atoms with Gasteiger partial charge in [0.15, 0.2) is 11.5 Å². The lowest BCUT2D eigenvalue weighted by Gasteiger charge is -2.28. The molecule has 0 radical (unpaired) electrons. The number of aromatic amines is 1. The van der Waals surface area contributed by atoms with Crippen LogP contribution < -0.4 is 10.6 Å². The maximum Gasteiger partial charge on any atom is 0.226 e. The Bertz CT molecular complexity index is 568. The van der Waals surface area contributed by atoms with E-state index in [1.165, 1.54) is 0 Å². The fourth-order valence-electron chi connectivity index (χ4n) is 2.37. The van der Waals surface area contributed by atoms with E-state index in [0.29, 0.717) is 17.6 Å². The van der Waals surface area contributed by atoms with Gasteiger partial charge >= 0.3 is 0 Å². The molecule has 1 saturated heterocycles. The summed E-state index contributed by atoms with van der Waals surface area (Å²) in [5, 5.41) is 6.43. The van der Waals surface area contributed by atoms with Crippen LogP contribution in [0.3, 0.4) is 0 Å². The van der Waals surface area contributed by atoms with Crippen molar-refractivity contribution < 1.29 is 4.74 Å². The van der Waals surface area contributed by atoms with Gasteiger partial charge in [-0.1, -0.05) is 0 Å². The summed E-state index contributed by atoms with van der Waals surface area (Å²) in [6, 6.07) is 0.370.